The Morgan fingerprint density at radius 1 is 1.42 bits per heavy atom. The van der Waals surface area contributed by atoms with E-state index in [0.717, 1.165) is 43.9 Å². The number of pyridine rings is 1. The molecule has 1 amide bonds. The third-order valence-electron chi connectivity index (χ3n) is 4.53. The van der Waals surface area contributed by atoms with E-state index >= 15 is 0 Å². The zero-order chi connectivity index (χ0) is 17.8. The standard InChI is InChI=1S/C18H20N6OS/c25-17(23-18-20-6-8-26-18)16-5-1-4-15(22-16)13-3-2-7-24(10-13)11-14-9-19-12-21-14/h1,4-6,8-9,12-13H,2-3,7,10-11H2,(H,19,21)(H,20,23,25)/t13-/m0/s1. The van der Waals surface area contributed by atoms with E-state index in [0.29, 0.717) is 16.7 Å². The predicted molar refractivity (Wildman–Crippen MR) is 100 cm³/mol. The minimum Gasteiger partial charge on any atom is -0.347 e. The van der Waals surface area contributed by atoms with Gasteiger partial charge in [-0.3, -0.25) is 15.0 Å². The van der Waals surface area contributed by atoms with Crippen LogP contribution in [0.25, 0.3) is 0 Å². The van der Waals surface area contributed by atoms with E-state index in [-0.39, 0.29) is 5.91 Å². The Kier molecular flexibility index (Phi) is 5.03. The van der Waals surface area contributed by atoms with Gasteiger partial charge in [-0.05, 0) is 31.5 Å². The topological polar surface area (TPSA) is 86.8 Å². The maximum atomic E-state index is 12.4. The number of nitrogens with one attached hydrogen (secondary N) is 2. The van der Waals surface area contributed by atoms with Crippen LogP contribution < -0.4 is 5.32 Å². The van der Waals surface area contributed by atoms with Crippen molar-refractivity contribution in [3.8, 4) is 0 Å². The highest BCUT2D eigenvalue weighted by Crippen LogP contribution is 2.26. The van der Waals surface area contributed by atoms with E-state index in [4.69, 9.17) is 0 Å². The molecule has 0 spiro atoms. The molecule has 7 nitrogen and oxygen atoms in total. The van der Waals surface area contributed by atoms with Crippen LogP contribution in [0.3, 0.4) is 0 Å². The molecule has 4 heterocycles. The van der Waals surface area contributed by atoms with Crippen molar-refractivity contribution in [3.63, 3.8) is 0 Å². The number of aromatic amines is 1. The molecule has 0 aliphatic carbocycles. The van der Waals surface area contributed by atoms with Crippen molar-refractivity contribution in [1.29, 1.82) is 0 Å². The lowest BCUT2D eigenvalue weighted by atomic mass is 9.94. The first kappa shape index (κ1) is 16.9. The van der Waals surface area contributed by atoms with Crippen molar-refractivity contribution in [2.45, 2.75) is 25.3 Å². The number of H-pyrrole nitrogens is 1. The van der Waals surface area contributed by atoms with E-state index < -0.39 is 0 Å². The second kappa shape index (κ2) is 7.76. The van der Waals surface area contributed by atoms with E-state index in [1.54, 1.807) is 18.6 Å². The summed E-state index contributed by atoms with van der Waals surface area (Å²) < 4.78 is 0. The maximum absolute atomic E-state index is 12.4. The Morgan fingerprint density at radius 3 is 3.19 bits per heavy atom. The Balaban J connectivity index is 1.44. The van der Waals surface area contributed by atoms with Gasteiger partial charge in [0.25, 0.3) is 5.91 Å². The molecule has 0 radical (unpaired) electrons. The molecule has 1 saturated heterocycles. The number of likely N-dealkylation sites (tertiary alicyclic amines) is 1. The third kappa shape index (κ3) is 3.97. The quantitative estimate of drug-likeness (QED) is 0.723. The van der Waals surface area contributed by atoms with Crippen molar-refractivity contribution >= 4 is 22.4 Å². The number of hydrogen-bond acceptors (Lipinski definition) is 6. The number of rotatable bonds is 5. The molecular weight excluding hydrogens is 348 g/mol. The Hall–Kier alpha value is -2.58. The summed E-state index contributed by atoms with van der Waals surface area (Å²) in [5.74, 6) is 0.117. The number of amides is 1. The highest BCUT2D eigenvalue weighted by Gasteiger charge is 2.23. The molecule has 0 bridgehead atoms. The number of carbonyl (C=O) groups excluding carboxylic acids is 1. The molecule has 134 valence electrons. The minimum absolute atomic E-state index is 0.216. The second-order valence-electron chi connectivity index (χ2n) is 6.39. The van der Waals surface area contributed by atoms with Crippen LogP contribution in [0.2, 0.25) is 0 Å². The first-order chi connectivity index (χ1) is 12.8. The molecule has 2 N–H and O–H groups in total. The maximum Gasteiger partial charge on any atom is 0.276 e. The molecule has 1 aliphatic heterocycles. The van der Waals surface area contributed by atoms with Crippen LogP contribution in [0, 0.1) is 0 Å². The molecule has 3 aromatic rings. The molecule has 3 aromatic heterocycles. The Bertz CT molecular complexity index is 848. The van der Waals surface area contributed by atoms with Gasteiger partial charge in [0.15, 0.2) is 5.13 Å². The van der Waals surface area contributed by atoms with Crippen LogP contribution in [0.1, 0.15) is 40.6 Å². The molecule has 0 aromatic carbocycles. The number of imidazole rings is 1. The average molecular weight is 368 g/mol. The highest BCUT2D eigenvalue weighted by molar-refractivity contribution is 7.13. The third-order valence-corrected chi connectivity index (χ3v) is 5.22. The van der Waals surface area contributed by atoms with Gasteiger partial charge in [-0.25, -0.2) is 15.0 Å². The van der Waals surface area contributed by atoms with Crippen LogP contribution in [-0.2, 0) is 6.54 Å². The summed E-state index contributed by atoms with van der Waals surface area (Å²) in [6, 6.07) is 5.68. The molecule has 26 heavy (non-hydrogen) atoms. The zero-order valence-corrected chi connectivity index (χ0v) is 15.1. The van der Waals surface area contributed by atoms with Crippen LogP contribution >= 0.6 is 11.3 Å². The second-order valence-corrected chi connectivity index (χ2v) is 7.28. The molecule has 8 heteroatoms. The predicted octanol–water partition coefficient (Wildman–Crippen LogP) is 2.89. The summed E-state index contributed by atoms with van der Waals surface area (Å²) in [5, 5.41) is 5.21. The fraction of sp³-hybridized carbons (Fsp3) is 0.333. The summed E-state index contributed by atoms with van der Waals surface area (Å²) >= 11 is 1.39. The number of carbonyl (C=O) groups is 1. The fourth-order valence-corrected chi connectivity index (χ4v) is 3.83. The van der Waals surface area contributed by atoms with E-state index in [1.807, 2.05) is 23.7 Å². The number of aromatic nitrogens is 4. The summed E-state index contributed by atoms with van der Waals surface area (Å²) in [4.78, 5) is 30.8. The molecule has 0 saturated carbocycles. The normalized spacial score (nSPS) is 17.9. The summed E-state index contributed by atoms with van der Waals surface area (Å²) in [7, 11) is 0. The lowest BCUT2D eigenvalue weighted by Crippen LogP contribution is -2.34. The van der Waals surface area contributed by atoms with Crippen LogP contribution in [0.4, 0.5) is 5.13 Å². The highest BCUT2D eigenvalue weighted by atomic mass is 32.1. The van der Waals surface area contributed by atoms with Crippen molar-refractivity contribution < 1.29 is 4.79 Å². The van der Waals surface area contributed by atoms with Gasteiger partial charge in [0, 0.05) is 48.2 Å². The van der Waals surface area contributed by atoms with Crippen molar-refractivity contribution in [3.05, 3.63) is 59.4 Å². The van der Waals surface area contributed by atoms with Crippen molar-refractivity contribution in [1.82, 2.24) is 24.8 Å². The smallest absolute Gasteiger partial charge is 0.276 e. The van der Waals surface area contributed by atoms with Gasteiger partial charge < -0.3 is 4.98 Å². The van der Waals surface area contributed by atoms with E-state index in [9.17, 15) is 4.79 Å². The van der Waals surface area contributed by atoms with Gasteiger partial charge in [-0.15, -0.1) is 11.3 Å². The Morgan fingerprint density at radius 2 is 2.38 bits per heavy atom. The number of nitrogens with zero attached hydrogens (tertiary/aromatic N) is 4. The van der Waals surface area contributed by atoms with E-state index in [1.165, 1.54) is 11.3 Å². The van der Waals surface area contributed by atoms with E-state index in [2.05, 4.69) is 30.2 Å². The monoisotopic (exact) mass is 368 g/mol. The lowest BCUT2D eigenvalue weighted by molar-refractivity contribution is 0.102. The molecule has 4 rings (SSSR count). The largest absolute Gasteiger partial charge is 0.347 e. The minimum atomic E-state index is -0.216. The lowest BCUT2D eigenvalue weighted by Gasteiger charge is -2.32. The molecular formula is C18H20N6OS. The van der Waals surface area contributed by atoms with Gasteiger partial charge in [0.2, 0.25) is 0 Å². The Labute approximate surface area is 155 Å². The van der Waals surface area contributed by atoms with Crippen LogP contribution in [-0.4, -0.2) is 43.8 Å². The molecule has 1 fully saturated rings. The van der Waals surface area contributed by atoms with Crippen LogP contribution in [0.15, 0.2) is 42.3 Å². The first-order valence-corrected chi connectivity index (χ1v) is 9.53. The number of piperidine rings is 1. The van der Waals surface area contributed by atoms with Gasteiger partial charge in [0.05, 0.1) is 6.33 Å². The molecule has 0 unspecified atom stereocenters. The van der Waals surface area contributed by atoms with Crippen molar-refractivity contribution in [2.75, 3.05) is 18.4 Å². The van der Waals surface area contributed by atoms with Gasteiger partial charge in [0.1, 0.15) is 5.69 Å². The number of anilines is 1. The van der Waals surface area contributed by atoms with Gasteiger partial charge in [-0.2, -0.15) is 0 Å². The molecule has 1 atom stereocenters. The SMILES string of the molecule is O=C(Nc1nccs1)c1cccc([C@H]2CCCN(Cc3cnc[nH]3)C2)n1. The number of thiazole rings is 1. The number of hydrogen-bond donors (Lipinski definition) is 2. The molecule has 1 aliphatic rings. The summed E-state index contributed by atoms with van der Waals surface area (Å²) in [6.07, 6.45) is 7.45. The summed E-state index contributed by atoms with van der Waals surface area (Å²) in [6.45, 7) is 2.87. The zero-order valence-electron chi connectivity index (χ0n) is 14.3. The average Bonchev–Trinajstić information content (AvgIpc) is 3.36. The van der Waals surface area contributed by atoms with Gasteiger partial charge in [-0.1, -0.05) is 6.07 Å². The summed E-state index contributed by atoms with van der Waals surface area (Å²) in [5.41, 5.74) is 2.53. The van der Waals surface area contributed by atoms with Crippen LogP contribution in [0.5, 0.6) is 0 Å². The fourth-order valence-electron chi connectivity index (χ4n) is 3.30. The van der Waals surface area contributed by atoms with Gasteiger partial charge >= 0.3 is 0 Å². The van der Waals surface area contributed by atoms with Crippen molar-refractivity contribution in [2.24, 2.45) is 0 Å². The first-order valence-electron chi connectivity index (χ1n) is 8.65.